The van der Waals surface area contributed by atoms with Crippen LogP contribution in [0.1, 0.15) is 18.4 Å². The molecule has 6 nitrogen and oxygen atoms in total. The van der Waals surface area contributed by atoms with Crippen molar-refractivity contribution in [3.8, 4) is 10.8 Å². The molecule has 0 aliphatic carbocycles. The summed E-state index contributed by atoms with van der Waals surface area (Å²) in [5.74, 6) is -0.315. The van der Waals surface area contributed by atoms with Crippen LogP contribution in [0.4, 0.5) is 15.8 Å². The Morgan fingerprint density at radius 1 is 1.27 bits per heavy atom. The van der Waals surface area contributed by atoms with E-state index in [4.69, 9.17) is 4.42 Å². The van der Waals surface area contributed by atoms with E-state index < -0.39 is 11.7 Å². The zero-order chi connectivity index (χ0) is 18.7. The lowest BCUT2D eigenvalue weighted by Gasteiger charge is -2.08. The van der Waals surface area contributed by atoms with Crippen LogP contribution in [-0.4, -0.2) is 16.8 Å². The average Bonchev–Trinajstić information content (AvgIpc) is 3.20. The fraction of sp³-hybridized carbons (Fsp3) is 0.167. The van der Waals surface area contributed by atoms with E-state index in [1.807, 2.05) is 17.5 Å². The maximum atomic E-state index is 13.9. The number of carbonyl (C=O) groups excluding carboxylic acids is 2. The quantitative estimate of drug-likeness (QED) is 0.708. The van der Waals surface area contributed by atoms with E-state index in [2.05, 4.69) is 15.6 Å². The molecule has 2 amide bonds. The molecule has 0 atom stereocenters. The minimum absolute atomic E-state index is 0.0131. The molecule has 1 aromatic carbocycles. The predicted octanol–water partition coefficient (Wildman–Crippen LogP) is 3.99. The molecule has 26 heavy (non-hydrogen) atoms. The van der Waals surface area contributed by atoms with Crippen molar-refractivity contribution in [1.29, 1.82) is 0 Å². The Hall–Kier alpha value is -3.00. The van der Waals surface area contributed by atoms with Crippen LogP contribution in [0.5, 0.6) is 0 Å². The SMILES string of the molecule is CC(=O)Nc1ccc(F)c(NC(=O)Cc2nc(-c3cccs3)oc2C)c1. The Morgan fingerprint density at radius 2 is 2.08 bits per heavy atom. The van der Waals surface area contributed by atoms with Gasteiger partial charge in [-0.05, 0) is 36.6 Å². The van der Waals surface area contributed by atoms with Gasteiger partial charge < -0.3 is 15.1 Å². The molecule has 3 rings (SSSR count). The van der Waals surface area contributed by atoms with Gasteiger partial charge >= 0.3 is 0 Å². The van der Waals surface area contributed by atoms with Gasteiger partial charge in [-0.2, -0.15) is 0 Å². The van der Waals surface area contributed by atoms with Gasteiger partial charge in [-0.3, -0.25) is 9.59 Å². The first-order chi connectivity index (χ1) is 12.4. The molecule has 2 N–H and O–H groups in total. The van der Waals surface area contributed by atoms with Gasteiger partial charge in [-0.15, -0.1) is 11.3 Å². The first kappa shape index (κ1) is 17.8. The van der Waals surface area contributed by atoms with Crippen molar-refractivity contribution < 1.29 is 18.4 Å². The molecule has 0 saturated heterocycles. The number of hydrogen-bond donors (Lipinski definition) is 2. The number of anilines is 2. The van der Waals surface area contributed by atoms with Crippen molar-refractivity contribution in [3.05, 3.63) is 53.0 Å². The average molecular weight is 373 g/mol. The molecule has 2 aromatic heterocycles. The standard InChI is InChI=1S/C18H16FN3O3S/c1-10-14(22-18(25-10)16-4-3-7-26-16)9-17(24)21-15-8-12(20-11(2)23)5-6-13(15)19/h3-8H,9H2,1-2H3,(H,20,23)(H,21,24). The Labute approximate surface area is 153 Å². The zero-order valence-corrected chi connectivity index (χ0v) is 14.9. The molecule has 2 heterocycles. The maximum Gasteiger partial charge on any atom is 0.236 e. The minimum atomic E-state index is -0.594. The Bertz CT molecular complexity index is 951. The molecule has 134 valence electrons. The van der Waals surface area contributed by atoms with Gasteiger partial charge in [0.15, 0.2) is 0 Å². The molecule has 8 heteroatoms. The number of thiophene rings is 1. The van der Waals surface area contributed by atoms with E-state index in [0.717, 1.165) is 4.88 Å². The number of aromatic nitrogens is 1. The maximum absolute atomic E-state index is 13.9. The second kappa shape index (κ2) is 7.49. The second-order valence-electron chi connectivity index (χ2n) is 5.60. The van der Waals surface area contributed by atoms with Gasteiger partial charge in [0.25, 0.3) is 0 Å². The number of nitrogens with one attached hydrogen (secondary N) is 2. The molecular weight excluding hydrogens is 357 g/mol. The van der Waals surface area contributed by atoms with E-state index in [0.29, 0.717) is 23.0 Å². The molecule has 0 aliphatic heterocycles. The molecule has 0 aliphatic rings. The number of benzene rings is 1. The number of halogens is 1. The van der Waals surface area contributed by atoms with E-state index >= 15 is 0 Å². The minimum Gasteiger partial charge on any atom is -0.440 e. The summed E-state index contributed by atoms with van der Waals surface area (Å²) < 4.78 is 19.5. The summed E-state index contributed by atoms with van der Waals surface area (Å²) in [7, 11) is 0. The summed E-state index contributed by atoms with van der Waals surface area (Å²) in [4.78, 5) is 28.6. The number of hydrogen-bond acceptors (Lipinski definition) is 5. The fourth-order valence-electron chi connectivity index (χ4n) is 2.35. The van der Waals surface area contributed by atoms with Crippen molar-refractivity contribution in [2.45, 2.75) is 20.3 Å². The monoisotopic (exact) mass is 373 g/mol. The lowest BCUT2D eigenvalue weighted by Crippen LogP contribution is -2.16. The van der Waals surface area contributed by atoms with Crippen LogP contribution in [-0.2, 0) is 16.0 Å². The third kappa shape index (κ3) is 4.15. The highest BCUT2D eigenvalue weighted by Gasteiger charge is 2.16. The Morgan fingerprint density at radius 3 is 2.77 bits per heavy atom. The highest BCUT2D eigenvalue weighted by molar-refractivity contribution is 7.13. The van der Waals surface area contributed by atoms with Crippen LogP contribution in [0.2, 0.25) is 0 Å². The van der Waals surface area contributed by atoms with Gasteiger partial charge in [0.1, 0.15) is 11.6 Å². The topological polar surface area (TPSA) is 84.2 Å². The smallest absolute Gasteiger partial charge is 0.236 e. The van der Waals surface area contributed by atoms with E-state index in [-0.39, 0.29) is 18.0 Å². The first-order valence-corrected chi connectivity index (χ1v) is 8.67. The van der Waals surface area contributed by atoms with Crippen molar-refractivity contribution >= 4 is 34.5 Å². The number of nitrogens with zero attached hydrogens (tertiary/aromatic N) is 1. The van der Waals surface area contributed by atoms with Crippen LogP contribution in [0.25, 0.3) is 10.8 Å². The van der Waals surface area contributed by atoms with Gasteiger partial charge in [-0.25, -0.2) is 9.37 Å². The number of oxazole rings is 1. The lowest BCUT2D eigenvalue weighted by atomic mass is 10.2. The summed E-state index contributed by atoms with van der Waals surface area (Å²) >= 11 is 1.49. The van der Waals surface area contributed by atoms with Crippen molar-refractivity contribution in [1.82, 2.24) is 4.98 Å². The van der Waals surface area contributed by atoms with E-state index in [1.54, 1.807) is 6.92 Å². The summed E-state index contributed by atoms with van der Waals surface area (Å²) in [6.07, 6.45) is -0.0511. The summed E-state index contributed by atoms with van der Waals surface area (Å²) in [6, 6.07) is 7.72. The summed E-state index contributed by atoms with van der Waals surface area (Å²) in [6.45, 7) is 3.07. The summed E-state index contributed by atoms with van der Waals surface area (Å²) in [5, 5.41) is 6.95. The third-order valence-electron chi connectivity index (χ3n) is 3.51. The number of rotatable bonds is 5. The van der Waals surface area contributed by atoms with Crippen LogP contribution >= 0.6 is 11.3 Å². The van der Waals surface area contributed by atoms with Gasteiger partial charge in [0.05, 0.1) is 22.7 Å². The normalized spacial score (nSPS) is 10.6. The van der Waals surface area contributed by atoms with Crippen LogP contribution in [0.15, 0.2) is 40.1 Å². The third-order valence-corrected chi connectivity index (χ3v) is 4.37. The van der Waals surface area contributed by atoms with Gasteiger partial charge in [0, 0.05) is 12.6 Å². The lowest BCUT2D eigenvalue weighted by molar-refractivity contribution is -0.116. The second-order valence-corrected chi connectivity index (χ2v) is 6.55. The fourth-order valence-corrected chi connectivity index (χ4v) is 3.00. The number of carbonyl (C=O) groups is 2. The predicted molar refractivity (Wildman–Crippen MR) is 97.6 cm³/mol. The molecule has 0 unspecified atom stereocenters. The highest BCUT2D eigenvalue weighted by atomic mass is 32.1. The summed E-state index contributed by atoms with van der Waals surface area (Å²) in [5.41, 5.74) is 0.872. The zero-order valence-electron chi connectivity index (χ0n) is 14.1. The van der Waals surface area contributed by atoms with Crippen LogP contribution in [0, 0.1) is 12.7 Å². The molecule has 0 spiro atoms. The number of amides is 2. The first-order valence-electron chi connectivity index (χ1n) is 7.79. The molecule has 3 aromatic rings. The molecule has 0 saturated carbocycles. The number of aryl methyl sites for hydroxylation is 1. The van der Waals surface area contributed by atoms with Gasteiger partial charge in [-0.1, -0.05) is 6.07 Å². The molecule has 0 radical (unpaired) electrons. The van der Waals surface area contributed by atoms with E-state index in [1.165, 1.54) is 36.5 Å². The van der Waals surface area contributed by atoms with Crippen LogP contribution in [0.3, 0.4) is 0 Å². The van der Waals surface area contributed by atoms with Crippen molar-refractivity contribution in [2.75, 3.05) is 10.6 Å². The van der Waals surface area contributed by atoms with Crippen molar-refractivity contribution in [2.24, 2.45) is 0 Å². The highest BCUT2D eigenvalue weighted by Crippen LogP contribution is 2.26. The van der Waals surface area contributed by atoms with Crippen molar-refractivity contribution in [3.63, 3.8) is 0 Å². The largest absolute Gasteiger partial charge is 0.440 e. The van der Waals surface area contributed by atoms with Crippen LogP contribution < -0.4 is 10.6 Å². The van der Waals surface area contributed by atoms with Gasteiger partial charge in [0.2, 0.25) is 17.7 Å². The molecule has 0 fully saturated rings. The molecular formula is C18H16FN3O3S. The molecule has 0 bridgehead atoms. The Balaban J connectivity index is 1.72. The van der Waals surface area contributed by atoms with E-state index in [9.17, 15) is 14.0 Å². The Kier molecular flexibility index (Phi) is 5.13.